The molecule has 2 heterocycles. The van der Waals surface area contributed by atoms with Crippen molar-refractivity contribution in [2.75, 3.05) is 13.1 Å². The molecule has 0 bridgehead atoms. The molecule has 1 amide bonds. The molecule has 0 unspecified atom stereocenters. The number of aromatic nitrogens is 1. The third-order valence-corrected chi connectivity index (χ3v) is 7.96. The van der Waals surface area contributed by atoms with Gasteiger partial charge < -0.3 is 0 Å². The van der Waals surface area contributed by atoms with Crippen LogP contribution in [0.2, 0.25) is 0 Å². The maximum Gasteiger partial charge on any atom is 0.269 e. The molecule has 1 aromatic heterocycles. The van der Waals surface area contributed by atoms with Crippen molar-refractivity contribution in [2.45, 2.75) is 23.5 Å². The summed E-state index contributed by atoms with van der Waals surface area (Å²) in [6, 6.07) is 7.94. The Kier molecular flexibility index (Phi) is 6.67. The van der Waals surface area contributed by atoms with Crippen LogP contribution in [-0.2, 0) is 30.6 Å². The van der Waals surface area contributed by atoms with Gasteiger partial charge in [-0.25, -0.2) is 16.8 Å². The van der Waals surface area contributed by atoms with Crippen molar-refractivity contribution in [1.82, 2.24) is 14.0 Å². The number of pyridine rings is 1. The third-order valence-electron chi connectivity index (χ3n) is 4.86. The molecule has 1 aromatic carbocycles. The summed E-state index contributed by atoms with van der Waals surface area (Å²) in [6.07, 6.45) is 3.07. The van der Waals surface area contributed by atoms with E-state index in [0.717, 1.165) is 0 Å². The number of amides is 1. The second-order valence-electron chi connectivity index (χ2n) is 7.02. The Bertz CT molecular complexity index is 1160. The minimum atomic E-state index is -4.01. The number of carbonyl (C=O) groups is 1. The van der Waals surface area contributed by atoms with Crippen LogP contribution < -0.4 is 4.72 Å². The molecule has 2 aromatic rings. The Labute approximate surface area is 179 Å². The summed E-state index contributed by atoms with van der Waals surface area (Å²) in [5.74, 6) is -1.85. The molecule has 166 valence electrons. The number of nitro benzene ring substituents is 1. The Balaban J connectivity index is 1.57. The van der Waals surface area contributed by atoms with Crippen LogP contribution in [0.3, 0.4) is 0 Å². The second-order valence-corrected chi connectivity index (χ2v) is 10.7. The first-order valence-electron chi connectivity index (χ1n) is 9.26. The summed E-state index contributed by atoms with van der Waals surface area (Å²) in [4.78, 5) is 26.4. The first kappa shape index (κ1) is 22.8. The number of carbonyl (C=O) groups excluding carboxylic acids is 1. The summed E-state index contributed by atoms with van der Waals surface area (Å²) in [6.45, 7) is 0.162. The fraction of sp³-hybridized carbons (Fsp3) is 0.333. The zero-order valence-corrected chi connectivity index (χ0v) is 17.9. The molecular weight excluding hydrogens is 448 g/mol. The predicted octanol–water partition coefficient (Wildman–Crippen LogP) is 1.04. The minimum absolute atomic E-state index is 0.0589. The SMILES string of the molecule is O=C(NS(=O)(=O)Cc1ccc([N+](=O)[O-])cc1)C1CCN(S(=O)(=O)c2cccnc2)CC1. The van der Waals surface area contributed by atoms with E-state index in [0.29, 0.717) is 5.56 Å². The van der Waals surface area contributed by atoms with E-state index in [9.17, 15) is 31.7 Å². The van der Waals surface area contributed by atoms with Crippen molar-refractivity contribution >= 4 is 31.6 Å². The lowest BCUT2D eigenvalue weighted by atomic mass is 9.98. The molecule has 0 radical (unpaired) electrons. The molecule has 1 fully saturated rings. The molecule has 31 heavy (non-hydrogen) atoms. The molecular formula is C18H20N4O7S2. The highest BCUT2D eigenvalue weighted by molar-refractivity contribution is 7.89. The Morgan fingerprint density at radius 3 is 2.32 bits per heavy atom. The number of nitrogens with zero attached hydrogens (tertiary/aromatic N) is 3. The maximum absolute atomic E-state index is 12.6. The highest BCUT2D eigenvalue weighted by Gasteiger charge is 2.33. The fourth-order valence-corrected chi connectivity index (χ4v) is 5.82. The molecule has 0 atom stereocenters. The Morgan fingerprint density at radius 2 is 1.77 bits per heavy atom. The van der Waals surface area contributed by atoms with Gasteiger partial charge in [0.15, 0.2) is 0 Å². The Morgan fingerprint density at radius 1 is 1.13 bits per heavy atom. The maximum atomic E-state index is 12.6. The standard InChI is InChI=1S/C18H20N4O7S2/c23-18(20-30(26,27)13-14-3-5-16(6-4-14)22(24)25)15-7-10-21(11-8-15)31(28,29)17-2-1-9-19-12-17/h1-6,9,12,15H,7-8,10-11,13H2,(H,20,23). The number of sulfonamides is 2. The lowest BCUT2D eigenvalue weighted by Gasteiger charge is -2.30. The summed E-state index contributed by atoms with van der Waals surface area (Å²) >= 11 is 0. The van der Waals surface area contributed by atoms with E-state index >= 15 is 0 Å². The van der Waals surface area contributed by atoms with Gasteiger partial charge >= 0.3 is 0 Å². The van der Waals surface area contributed by atoms with Gasteiger partial charge in [-0.2, -0.15) is 4.31 Å². The fourth-order valence-electron chi connectivity index (χ4n) is 3.21. The summed E-state index contributed by atoms with van der Waals surface area (Å²) in [5, 5.41) is 10.7. The van der Waals surface area contributed by atoms with Crippen LogP contribution in [0.5, 0.6) is 0 Å². The molecule has 3 rings (SSSR count). The third kappa shape index (κ3) is 5.62. The van der Waals surface area contributed by atoms with Gasteiger partial charge in [0.2, 0.25) is 26.0 Å². The molecule has 1 aliphatic heterocycles. The summed E-state index contributed by atoms with van der Waals surface area (Å²) in [7, 11) is -7.73. The van der Waals surface area contributed by atoms with Crippen LogP contribution in [0.15, 0.2) is 53.7 Å². The monoisotopic (exact) mass is 468 g/mol. The van der Waals surface area contributed by atoms with E-state index in [1.807, 2.05) is 4.72 Å². The van der Waals surface area contributed by atoms with Crippen molar-refractivity contribution in [3.63, 3.8) is 0 Å². The lowest BCUT2D eigenvalue weighted by Crippen LogP contribution is -2.44. The number of benzene rings is 1. The summed E-state index contributed by atoms with van der Waals surface area (Å²) in [5.41, 5.74) is 0.126. The average Bonchev–Trinajstić information content (AvgIpc) is 2.74. The van der Waals surface area contributed by atoms with Crippen LogP contribution in [0.25, 0.3) is 0 Å². The van der Waals surface area contributed by atoms with E-state index in [1.165, 1.54) is 53.1 Å². The lowest BCUT2D eigenvalue weighted by molar-refractivity contribution is -0.384. The molecule has 0 spiro atoms. The highest BCUT2D eigenvalue weighted by Crippen LogP contribution is 2.24. The molecule has 0 aliphatic carbocycles. The van der Waals surface area contributed by atoms with Gasteiger partial charge in [-0.15, -0.1) is 0 Å². The number of rotatable bonds is 7. The van der Waals surface area contributed by atoms with E-state index in [2.05, 4.69) is 4.98 Å². The quantitative estimate of drug-likeness (QED) is 0.466. The van der Waals surface area contributed by atoms with Crippen LogP contribution >= 0.6 is 0 Å². The highest BCUT2D eigenvalue weighted by atomic mass is 32.2. The average molecular weight is 469 g/mol. The predicted molar refractivity (Wildman–Crippen MR) is 110 cm³/mol. The van der Waals surface area contributed by atoms with Crippen LogP contribution in [0.1, 0.15) is 18.4 Å². The van der Waals surface area contributed by atoms with Crippen molar-refractivity contribution in [3.8, 4) is 0 Å². The number of hydrogen-bond acceptors (Lipinski definition) is 8. The van der Waals surface area contributed by atoms with Gasteiger partial charge in [0.1, 0.15) is 4.90 Å². The normalized spacial score (nSPS) is 16.0. The van der Waals surface area contributed by atoms with E-state index in [1.54, 1.807) is 0 Å². The van der Waals surface area contributed by atoms with Crippen molar-refractivity contribution in [2.24, 2.45) is 5.92 Å². The van der Waals surface area contributed by atoms with E-state index < -0.39 is 42.5 Å². The van der Waals surface area contributed by atoms with Gasteiger partial charge in [0.25, 0.3) is 5.69 Å². The smallest absolute Gasteiger partial charge is 0.269 e. The van der Waals surface area contributed by atoms with Crippen molar-refractivity contribution in [1.29, 1.82) is 0 Å². The number of hydrogen-bond donors (Lipinski definition) is 1. The van der Waals surface area contributed by atoms with E-state index in [4.69, 9.17) is 0 Å². The molecule has 1 saturated heterocycles. The van der Waals surface area contributed by atoms with Gasteiger partial charge in [0.05, 0.1) is 10.7 Å². The number of non-ortho nitro benzene ring substituents is 1. The summed E-state index contributed by atoms with van der Waals surface area (Å²) < 4.78 is 53.1. The van der Waals surface area contributed by atoms with Gasteiger partial charge in [-0.05, 0) is 30.5 Å². The first-order chi connectivity index (χ1) is 14.6. The molecule has 1 aliphatic rings. The van der Waals surface area contributed by atoms with Gasteiger partial charge in [-0.3, -0.25) is 24.6 Å². The van der Waals surface area contributed by atoms with Gasteiger partial charge in [0, 0.05) is 43.5 Å². The molecule has 13 heteroatoms. The van der Waals surface area contributed by atoms with Crippen molar-refractivity contribution in [3.05, 3.63) is 64.5 Å². The van der Waals surface area contributed by atoms with Gasteiger partial charge in [-0.1, -0.05) is 12.1 Å². The van der Waals surface area contributed by atoms with Crippen molar-refractivity contribution < 1.29 is 26.6 Å². The zero-order valence-electron chi connectivity index (χ0n) is 16.2. The topological polar surface area (TPSA) is 157 Å². The van der Waals surface area contributed by atoms with Crippen LogP contribution in [-0.4, -0.2) is 50.0 Å². The molecule has 0 saturated carbocycles. The molecule has 1 N–H and O–H groups in total. The van der Waals surface area contributed by atoms with Crippen LogP contribution in [0.4, 0.5) is 5.69 Å². The first-order valence-corrected chi connectivity index (χ1v) is 12.4. The number of nitro groups is 1. The minimum Gasteiger partial charge on any atom is -0.274 e. The Hall–Kier alpha value is -2.90. The molecule has 11 nitrogen and oxygen atoms in total. The largest absolute Gasteiger partial charge is 0.274 e. The number of nitrogens with one attached hydrogen (secondary N) is 1. The number of piperidine rings is 1. The van der Waals surface area contributed by atoms with Crippen LogP contribution in [0, 0.1) is 16.0 Å². The van der Waals surface area contributed by atoms with E-state index in [-0.39, 0.29) is 36.5 Å². The zero-order chi connectivity index (χ0) is 22.6. The second kappa shape index (κ2) is 9.08.